The zero-order valence-electron chi connectivity index (χ0n) is 10.3. The lowest BCUT2D eigenvalue weighted by Crippen LogP contribution is -2.54. The number of hydrogen-bond acceptors (Lipinski definition) is 4. The minimum Gasteiger partial charge on any atom is -0.394 e. The number of non-ortho nitro benzene ring substituents is 1. The van der Waals surface area contributed by atoms with Crippen molar-refractivity contribution in [2.24, 2.45) is 0 Å². The van der Waals surface area contributed by atoms with E-state index in [-0.39, 0.29) is 17.8 Å². The monoisotopic (exact) mass is 250 g/mol. The highest BCUT2D eigenvalue weighted by atomic mass is 16.6. The highest BCUT2D eigenvalue weighted by molar-refractivity contribution is 5.32. The van der Waals surface area contributed by atoms with E-state index in [1.807, 2.05) is 0 Å². The van der Waals surface area contributed by atoms with Crippen molar-refractivity contribution in [3.05, 3.63) is 39.9 Å². The summed E-state index contributed by atoms with van der Waals surface area (Å²) in [4.78, 5) is 10.1. The van der Waals surface area contributed by atoms with Crippen molar-refractivity contribution in [3.8, 4) is 0 Å². The molecule has 0 aromatic heterocycles. The fraction of sp³-hybridized carbons (Fsp3) is 0.538. The molecule has 0 amide bonds. The molecule has 1 fully saturated rings. The molecular weight excluding hydrogens is 232 g/mol. The molecule has 1 aliphatic rings. The van der Waals surface area contributed by atoms with Crippen LogP contribution in [0, 0.1) is 10.1 Å². The fourth-order valence-corrected chi connectivity index (χ4v) is 2.25. The quantitative estimate of drug-likeness (QED) is 0.594. The Morgan fingerprint density at radius 3 is 2.44 bits per heavy atom. The van der Waals surface area contributed by atoms with E-state index in [1.165, 1.54) is 18.6 Å². The number of nitrogens with one attached hydrogen (secondary N) is 1. The van der Waals surface area contributed by atoms with Crippen LogP contribution in [0.2, 0.25) is 0 Å². The van der Waals surface area contributed by atoms with E-state index < -0.39 is 4.92 Å². The van der Waals surface area contributed by atoms with Crippen LogP contribution in [0.25, 0.3) is 0 Å². The van der Waals surface area contributed by atoms with Crippen molar-refractivity contribution in [3.63, 3.8) is 0 Å². The maximum atomic E-state index is 10.5. The first-order chi connectivity index (χ1) is 8.65. The minimum atomic E-state index is -0.392. The number of rotatable bonds is 6. The van der Waals surface area contributed by atoms with Gasteiger partial charge in [0.05, 0.1) is 11.5 Å². The lowest BCUT2D eigenvalue weighted by molar-refractivity contribution is -0.384. The molecule has 0 atom stereocenters. The zero-order chi connectivity index (χ0) is 13.0. The summed E-state index contributed by atoms with van der Waals surface area (Å²) in [6, 6.07) is 6.62. The van der Waals surface area contributed by atoms with Crippen LogP contribution in [-0.4, -0.2) is 28.7 Å². The highest BCUT2D eigenvalue weighted by Crippen LogP contribution is 2.30. The Morgan fingerprint density at radius 1 is 1.33 bits per heavy atom. The van der Waals surface area contributed by atoms with Gasteiger partial charge in [-0.3, -0.25) is 10.1 Å². The molecule has 0 aliphatic heterocycles. The molecule has 1 aromatic carbocycles. The molecule has 0 radical (unpaired) electrons. The molecule has 2 rings (SSSR count). The lowest BCUT2D eigenvalue weighted by atomic mass is 9.77. The summed E-state index contributed by atoms with van der Waals surface area (Å²) in [5, 5.41) is 23.2. The zero-order valence-corrected chi connectivity index (χ0v) is 10.3. The topological polar surface area (TPSA) is 75.4 Å². The average Bonchev–Trinajstić information content (AvgIpc) is 2.33. The predicted molar refractivity (Wildman–Crippen MR) is 68.5 cm³/mol. The van der Waals surface area contributed by atoms with Crippen LogP contribution in [0.3, 0.4) is 0 Å². The van der Waals surface area contributed by atoms with Crippen LogP contribution in [0.15, 0.2) is 24.3 Å². The van der Waals surface area contributed by atoms with Gasteiger partial charge in [-0.2, -0.15) is 0 Å². The van der Waals surface area contributed by atoms with E-state index in [0.29, 0.717) is 0 Å². The summed E-state index contributed by atoms with van der Waals surface area (Å²) >= 11 is 0. The first kappa shape index (κ1) is 13.0. The van der Waals surface area contributed by atoms with Crippen molar-refractivity contribution in [1.29, 1.82) is 0 Å². The number of aliphatic hydroxyl groups is 1. The summed E-state index contributed by atoms with van der Waals surface area (Å²) < 4.78 is 0. The van der Waals surface area contributed by atoms with Gasteiger partial charge in [-0.25, -0.2) is 0 Å². The van der Waals surface area contributed by atoms with E-state index in [0.717, 1.165) is 31.4 Å². The predicted octanol–water partition coefficient (Wildman–Crippen LogP) is 1.64. The molecule has 2 N–H and O–H groups in total. The van der Waals surface area contributed by atoms with Crippen LogP contribution in [0.1, 0.15) is 24.8 Å². The van der Waals surface area contributed by atoms with Crippen LogP contribution < -0.4 is 5.32 Å². The van der Waals surface area contributed by atoms with Gasteiger partial charge >= 0.3 is 0 Å². The molecule has 18 heavy (non-hydrogen) atoms. The Morgan fingerprint density at radius 2 is 2.00 bits per heavy atom. The van der Waals surface area contributed by atoms with Gasteiger partial charge in [0.2, 0.25) is 0 Å². The molecule has 0 unspecified atom stereocenters. The molecule has 1 aliphatic carbocycles. The smallest absolute Gasteiger partial charge is 0.269 e. The molecule has 0 bridgehead atoms. The van der Waals surface area contributed by atoms with Gasteiger partial charge in [0.1, 0.15) is 0 Å². The highest BCUT2D eigenvalue weighted by Gasteiger charge is 2.35. The molecule has 0 saturated heterocycles. The van der Waals surface area contributed by atoms with Gasteiger partial charge in [-0.05, 0) is 37.8 Å². The molecule has 1 saturated carbocycles. The second-order valence-electron chi connectivity index (χ2n) is 4.89. The Bertz CT molecular complexity index is 407. The third kappa shape index (κ3) is 2.86. The molecule has 0 spiro atoms. The number of hydrogen-bond donors (Lipinski definition) is 2. The number of nitrogens with zero attached hydrogens (tertiary/aromatic N) is 1. The SMILES string of the molecule is O=[N+]([O-])c1ccc(CCNC2(CO)CCC2)cc1. The van der Waals surface area contributed by atoms with Crippen LogP contribution >= 0.6 is 0 Å². The number of benzene rings is 1. The van der Waals surface area contributed by atoms with Gasteiger partial charge in [-0.1, -0.05) is 12.1 Å². The molecule has 0 heterocycles. The largest absolute Gasteiger partial charge is 0.394 e. The fourth-order valence-electron chi connectivity index (χ4n) is 2.25. The number of aliphatic hydroxyl groups excluding tert-OH is 1. The summed E-state index contributed by atoms with van der Waals surface area (Å²) in [5.74, 6) is 0. The lowest BCUT2D eigenvalue weighted by Gasteiger charge is -2.41. The number of nitro benzene ring substituents is 1. The maximum absolute atomic E-state index is 10.5. The normalized spacial score (nSPS) is 17.2. The first-order valence-corrected chi connectivity index (χ1v) is 6.24. The van der Waals surface area contributed by atoms with Crippen molar-refractivity contribution in [2.45, 2.75) is 31.2 Å². The van der Waals surface area contributed by atoms with Crippen molar-refractivity contribution in [1.82, 2.24) is 5.32 Å². The van der Waals surface area contributed by atoms with Crippen molar-refractivity contribution >= 4 is 5.69 Å². The van der Waals surface area contributed by atoms with E-state index in [1.54, 1.807) is 12.1 Å². The van der Waals surface area contributed by atoms with Crippen molar-refractivity contribution in [2.75, 3.05) is 13.2 Å². The summed E-state index contributed by atoms with van der Waals surface area (Å²) in [5.41, 5.74) is 1.12. The first-order valence-electron chi connectivity index (χ1n) is 6.24. The summed E-state index contributed by atoms with van der Waals surface area (Å²) in [6.45, 7) is 0.978. The maximum Gasteiger partial charge on any atom is 0.269 e. The summed E-state index contributed by atoms with van der Waals surface area (Å²) in [7, 11) is 0. The molecule has 5 heteroatoms. The average molecular weight is 250 g/mol. The Kier molecular flexibility index (Phi) is 3.93. The van der Waals surface area contributed by atoms with Crippen LogP contribution in [-0.2, 0) is 6.42 Å². The molecule has 98 valence electrons. The number of nitro groups is 1. The summed E-state index contributed by atoms with van der Waals surface area (Å²) in [6.07, 6.45) is 4.05. The molecule has 1 aromatic rings. The van der Waals surface area contributed by atoms with E-state index in [4.69, 9.17) is 0 Å². The third-order valence-corrected chi connectivity index (χ3v) is 3.67. The van der Waals surface area contributed by atoms with Crippen molar-refractivity contribution < 1.29 is 10.0 Å². The Labute approximate surface area is 106 Å². The third-order valence-electron chi connectivity index (χ3n) is 3.67. The second kappa shape index (κ2) is 5.46. The van der Waals surface area contributed by atoms with E-state index >= 15 is 0 Å². The van der Waals surface area contributed by atoms with E-state index in [9.17, 15) is 15.2 Å². The Hall–Kier alpha value is -1.46. The van der Waals surface area contributed by atoms with Gasteiger partial charge in [0.25, 0.3) is 5.69 Å². The van der Waals surface area contributed by atoms with Crippen LogP contribution in [0.5, 0.6) is 0 Å². The molecular formula is C13H18N2O3. The van der Waals surface area contributed by atoms with Crippen LogP contribution in [0.4, 0.5) is 5.69 Å². The van der Waals surface area contributed by atoms with Gasteiger partial charge in [-0.15, -0.1) is 0 Å². The Balaban J connectivity index is 1.81. The van der Waals surface area contributed by atoms with Gasteiger partial charge < -0.3 is 10.4 Å². The van der Waals surface area contributed by atoms with Gasteiger partial charge in [0, 0.05) is 17.7 Å². The van der Waals surface area contributed by atoms with E-state index in [2.05, 4.69) is 5.32 Å². The standard InChI is InChI=1S/C13H18N2O3/c16-10-13(7-1-8-13)14-9-6-11-2-4-12(5-3-11)15(17)18/h2-5,14,16H,1,6-10H2. The molecule has 5 nitrogen and oxygen atoms in total. The second-order valence-corrected chi connectivity index (χ2v) is 4.89. The minimum absolute atomic E-state index is 0.0687. The van der Waals surface area contributed by atoms with Gasteiger partial charge in [0.15, 0.2) is 0 Å².